The lowest BCUT2D eigenvalue weighted by molar-refractivity contribution is 0.141. The van der Waals surface area contributed by atoms with Crippen LogP contribution in [0.2, 0.25) is 0 Å². The molecule has 1 saturated heterocycles. The molecule has 1 N–H and O–H groups in total. The third kappa shape index (κ3) is 3.16. The quantitative estimate of drug-likeness (QED) is 0.768. The Balaban J connectivity index is 1.43. The number of hydrogen-bond donors (Lipinski definition) is 1. The summed E-state index contributed by atoms with van der Waals surface area (Å²) in [7, 11) is 0. The fraction of sp³-hybridized carbons (Fsp3) is 0.389. The molecule has 1 fully saturated rings. The SMILES string of the molecule is O[C@H]1CN(CCn2cnnc2)C[C@H]1Cc1ccnc2ccccc12. The third-order valence-corrected chi connectivity index (χ3v) is 4.84. The number of β-amino-alcohol motifs (C(OH)–C–C–N with tert-alkyl or cyclic N) is 1. The lowest BCUT2D eigenvalue weighted by Gasteiger charge is -2.16. The lowest BCUT2D eigenvalue weighted by Crippen LogP contribution is -2.25. The minimum absolute atomic E-state index is 0.261. The largest absolute Gasteiger partial charge is 0.391 e. The Kier molecular flexibility index (Phi) is 4.23. The van der Waals surface area contributed by atoms with E-state index in [2.05, 4.69) is 32.2 Å². The predicted molar refractivity (Wildman–Crippen MR) is 91.4 cm³/mol. The van der Waals surface area contributed by atoms with Gasteiger partial charge in [-0.1, -0.05) is 18.2 Å². The van der Waals surface area contributed by atoms with Crippen molar-refractivity contribution in [3.63, 3.8) is 0 Å². The van der Waals surface area contributed by atoms with Gasteiger partial charge in [0.15, 0.2) is 0 Å². The molecule has 1 aromatic carbocycles. The van der Waals surface area contributed by atoms with Gasteiger partial charge in [0.1, 0.15) is 12.7 Å². The molecule has 1 aliphatic heterocycles. The van der Waals surface area contributed by atoms with Crippen LogP contribution in [0.5, 0.6) is 0 Å². The van der Waals surface area contributed by atoms with Crippen molar-refractivity contribution in [2.45, 2.75) is 19.1 Å². The molecule has 1 aliphatic rings. The standard InChI is InChI=1S/C18H21N5O/c24-18-11-22(7-8-23-12-20-21-13-23)10-15(18)9-14-5-6-19-17-4-2-1-3-16(14)17/h1-6,12-13,15,18,24H,7-11H2/t15-,18+/m1/s1. The van der Waals surface area contributed by atoms with Crippen LogP contribution in [0, 0.1) is 5.92 Å². The molecule has 0 saturated carbocycles. The molecule has 0 bridgehead atoms. The molecule has 0 aliphatic carbocycles. The zero-order chi connectivity index (χ0) is 16.4. The number of aliphatic hydroxyl groups excluding tert-OH is 1. The van der Waals surface area contributed by atoms with E-state index >= 15 is 0 Å². The number of aliphatic hydroxyl groups is 1. The maximum atomic E-state index is 10.5. The highest BCUT2D eigenvalue weighted by atomic mass is 16.3. The minimum Gasteiger partial charge on any atom is -0.391 e. The first-order chi connectivity index (χ1) is 11.8. The number of para-hydroxylation sites is 1. The number of fused-ring (bicyclic) bond motifs is 1. The second kappa shape index (κ2) is 6.67. The maximum absolute atomic E-state index is 10.5. The molecular formula is C18H21N5O. The Hall–Kier alpha value is -2.31. The first kappa shape index (κ1) is 15.2. The highest BCUT2D eigenvalue weighted by Crippen LogP contribution is 2.25. The molecule has 0 spiro atoms. The van der Waals surface area contributed by atoms with E-state index in [0.717, 1.165) is 38.1 Å². The maximum Gasteiger partial charge on any atom is 0.119 e. The molecule has 0 unspecified atom stereocenters. The summed E-state index contributed by atoms with van der Waals surface area (Å²) in [6.07, 6.45) is 5.92. The number of likely N-dealkylation sites (tertiary alicyclic amines) is 1. The average molecular weight is 323 g/mol. The summed E-state index contributed by atoms with van der Waals surface area (Å²) in [5.41, 5.74) is 2.29. The normalized spacial score (nSPS) is 21.5. The van der Waals surface area contributed by atoms with Crippen molar-refractivity contribution in [1.82, 2.24) is 24.6 Å². The fourth-order valence-electron chi connectivity index (χ4n) is 3.53. The van der Waals surface area contributed by atoms with Crippen molar-refractivity contribution < 1.29 is 5.11 Å². The monoisotopic (exact) mass is 323 g/mol. The molecule has 0 amide bonds. The fourth-order valence-corrected chi connectivity index (χ4v) is 3.53. The molecule has 6 heteroatoms. The molecule has 0 radical (unpaired) electrons. The van der Waals surface area contributed by atoms with E-state index in [1.165, 1.54) is 10.9 Å². The highest BCUT2D eigenvalue weighted by Gasteiger charge is 2.31. The summed E-state index contributed by atoms with van der Waals surface area (Å²) < 4.78 is 1.97. The van der Waals surface area contributed by atoms with Gasteiger partial charge in [-0.15, -0.1) is 10.2 Å². The van der Waals surface area contributed by atoms with Crippen LogP contribution in [0.15, 0.2) is 49.2 Å². The van der Waals surface area contributed by atoms with Crippen LogP contribution in [0.4, 0.5) is 0 Å². The zero-order valence-electron chi connectivity index (χ0n) is 13.5. The Morgan fingerprint density at radius 3 is 2.75 bits per heavy atom. The van der Waals surface area contributed by atoms with Crippen molar-refractivity contribution in [2.75, 3.05) is 19.6 Å². The van der Waals surface area contributed by atoms with Crippen LogP contribution in [-0.4, -0.2) is 55.5 Å². The number of benzene rings is 1. The molecule has 6 nitrogen and oxygen atoms in total. The van der Waals surface area contributed by atoms with Crippen LogP contribution in [-0.2, 0) is 13.0 Å². The van der Waals surface area contributed by atoms with Gasteiger partial charge < -0.3 is 9.67 Å². The van der Waals surface area contributed by atoms with Crippen molar-refractivity contribution in [3.8, 4) is 0 Å². The van der Waals surface area contributed by atoms with Gasteiger partial charge in [-0.2, -0.15) is 0 Å². The molecular weight excluding hydrogens is 302 g/mol. The summed E-state index contributed by atoms with van der Waals surface area (Å²) >= 11 is 0. The lowest BCUT2D eigenvalue weighted by atomic mass is 9.94. The van der Waals surface area contributed by atoms with Gasteiger partial charge in [-0.25, -0.2) is 0 Å². The Morgan fingerprint density at radius 1 is 1.04 bits per heavy atom. The van der Waals surface area contributed by atoms with Crippen LogP contribution in [0.3, 0.4) is 0 Å². The topological polar surface area (TPSA) is 67.1 Å². The number of nitrogens with zero attached hydrogens (tertiary/aromatic N) is 5. The molecule has 3 heterocycles. The van der Waals surface area contributed by atoms with Gasteiger partial charge in [-0.3, -0.25) is 9.88 Å². The summed E-state index contributed by atoms with van der Waals surface area (Å²) in [6.45, 7) is 3.41. The second-order valence-corrected chi connectivity index (χ2v) is 6.48. The number of hydrogen-bond acceptors (Lipinski definition) is 5. The summed E-state index contributed by atoms with van der Waals surface area (Å²) in [5, 5.41) is 19.3. The van der Waals surface area contributed by atoms with Crippen molar-refractivity contribution >= 4 is 10.9 Å². The predicted octanol–water partition coefficient (Wildman–Crippen LogP) is 1.36. The van der Waals surface area contributed by atoms with Gasteiger partial charge in [-0.05, 0) is 24.1 Å². The van der Waals surface area contributed by atoms with E-state index in [-0.39, 0.29) is 12.0 Å². The summed E-state index contributed by atoms with van der Waals surface area (Å²) in [5.74, 6) is 0.261. The minimum atomic E-state index is -0.280. The van der Waals surface area contributed by atoms with Gasteiger partial charge in [0, 0.05) is 43.7 Å². The third-order valence-electron chi connectivity index (χ3n) is 4.84. The highest BCUT2D eigenvalue weighted by molar-refractivity contribution is 5.81. The van der Waals surface area contributed by atoms with Gasteiger partial charge in [0.05, 0.1) is 11.6 Å². The molecule has 124 valence electrons. The van der Waals surface area contributed by atoms with Gasteiger partial charge >= 0.3 is 0 Å². The Morgan fingerprint density at radius 2 is 1.88 bits per heavy atom. The Labute approximate surface area is 140 Å². The van der Waals surface area contributed by atoms with Crippen LogP contribution >= 0.6 is 0 Å². The zero-order valence-corrected chi connectivity index (χ0v) is 13.5. The van der Waals surface area contributed by atoms with E-state index in [9.17, 15) is 5.11 Å². The number of pyridine rings is 1. The smallest absolute Gasteiger partial charge is 0.119 e. The van der Waals surface area contributed by atoms with Crippen molar-refractivity contribution in [1.29, 1.82) is 0 Å². The van der Waals surface area contributed by atoms with Crippen LogP contribution in [0.25, 0.3) is 10.9 Å². The van der Waals surface area contributed by atoms with E-state index in [1.54, 1.807) is 12.7 Å². The molecule has 3 aromatic rings. The van der Waals surface area contributed by atoms with E-state index in [1.807, 2.05) is 29.0 Å². The van der Waals surface area contributed by atoms with Crippen LogP contribution in [0.1, 0.15) is 5.56 Å². The van der Waals surface area contributed by atoms with E-state index in [0.29, 0.717) is 0 Å². The number of rotatable bonds is 5. The van der Waals surface area contributed by atoms with Gasteiger partial charge in [0.2, 0.25) is 0 Å². The van der Waals surface area contributed by atoms with Gasteiger partial charge in [0.25, 0.3) is 0 Å². The first-order valence-corrected chi connectivity index (χ1v) is 8.35. The Bertz CT molecular complexity index is 799. The van der Waals surface area contributed by atoms with E-state index < -0.39 is 0 Å². The first-order valence-electron chi connectivity index (χ1n) is 8.35. The van der Waals surface area contributed by atoms with Crippen molar-refractivity contribution in [3.05, 3.63) is 54.7 Å². The second-order valence-electron chi connectivity index (χ2n) is 6.48. The summed E-state index contributed by atoms with van der Waals surface area (Å²) in [4.78, 5) is 6.74. The molecule has 4 rings (SSSR count). The molecule has 2 aromatic heterocycles. The molecule has 2 atom stereocenters. The molecule has 24 heavy (non-hydrogen) atoms. The average Bonchev–Trinajstić information content (AvgIpc) is 3.24. The van der Waals surface area contributed by atoms with E-state index in [4.69, 9.17) is 0 Å². The number of aromatic nitrogens is 4. The van der Waals surface area contributed by atoms with Crippen molar-refractivity contribution in [2.24, 2.45) is 5.92 Å². The summed E-state index contributed by atoms with van der Waals surface area (Å²) in [6, 6.07) is 10.3. The van der Waals surface area contributed by atoms with Crippen LogP contribution < -0.4 is 0 Å².